The van der Waals surface area contributed by atoms with Gasteiger partial charge in [-0.3, -0.25) is 23.9 Å². The maximum atomic E-state index is 13.0. The van der Waals surface area contributed by atoms with E-state index in [9.17, 15) is 22.8 Å². The molecule has 0 saturated heterocycles. The highest BCUT2D eigenvalue weighted by Crippen LogP contribution is 2.27. The number of H-pyrrole nitrogens is 1. The van der Waals surface area contributed by atoms with Gasteiger partial charge in [0.05, 0.1) is 26.5 Å². The lowest BCUT2D eigenvalue weighted by atomic mass is 10.2. The number of nitrogens with zero attached hydrogens (tertiary/aromatic N) is 1. The number of rotatable bonds is 7. The first-order valence-corrected chi connectivity index (χ1v) is 12.4. The number of fused-ring (bicyclic) bond motifs is 1. The minimum Gasteiger partial charge on any atom is -0.326 e. The number of aryl methyl sites for hydroxylation is 2. The molecule has 1 heterocycles. The second kappa shape index (κ2) is 9.77. The molecule has 0 saturated carbocycles. The lowest BCUT2D eigenvalue weighted by Crippen LogP contribution is -2.31. The third kappa shape index (κ3) is 5.28. The smallest absolute Gasteiger partial charge is 0.326 e. The number of hydrogen-bond donors (Lipinski definition) is 3. The number of para-hydroxylation sites is 2. The van der Waals surface area contributed by atoms with Gasteiger partial charge in [0.25, 0.3) is 15.6 Å². The van der Waals surface area contributed by atoms with Crippen LogP contribution in [0.2, 0.25) is 5.02 Å². The molecule has 3 aromatic carbocycles. The summed E-state index contributed by atoms with van der Waals surface area (Å²) in [5, 5.41) is 3.25. The first kappa shape index (κ1) is 24.2. The Balaban J connectivity index is 1.52. The third-order valence-electron chi connectivity index (χ3n) is 5.35. The highest BCUT2D eigenvalue weighted by Gasteiger charge is 2.19. The number of benzene rings is 3. The van der Waals surface area contributed by atoms with E-state index in [-0.39, 0.29) is 34.3 Å². The number of amides is 1. The van der Waals surface area contributed by atoms with Gasteiger partial charge in [-0.2, -0.15) is 0 Å². The minimum atomic E-state index is -3.98. The zero-order chi connectivity index (χ0) is 25.2. The molecule has 1 amide bonds. The lowest BCUT2D eigenvalue weighted by Gasteiger charge is -2.14. The van der Waals surface area contributed by atoms with Crippen molar-refractivity contribution < 1.29 is 13.2 Å². The van der Waals surface area contributed by atoms with Gasteiger partial charge in [-0.15, -0.1) is 0 Å². The van der Waals surface area contributed by atoms with Crippen LogP contribution in [0.15, 0.2) is 81.2 Å². The van der Waals surface area contributed by atoms with E-state index in [1.54, 1.807) is 67.6 Å². The van der Waals surface area contributed by atoms with Crippen LogP contribution in [0.25, 0.3) is 10.9 Å². The van der Waals surface area contributed by atoms with E-state index < -0.39 is 27.2 Å². The Hall–Kier alpha value is -3.89. The second-order valence-corrected chi connectivity index (χ2v) is 9.85. The van der Waals surface area contributed by atoms with Gasteiger partial charge in [0.1, 0.15) is 0 Å². The van der Waals surface area contributed by atoms with Crippen molar-refractivity contribution >= 4 is 49.8 Å². The molecule has 3 N–H and O–H groups in total. The van der Waals surface area contributed by atoms with Crippen LogP contribution >= 0.6 is 11.6 Å². The molecule has 0 unspecified atom stereocenters. The van der Waals surface area contributed by atoms with Crippen molar-refractivity contribution in [3.05, 3.63) is 98.2 Å². The van der Waals surface area contributed by atoms with E-state index in [0.29, 0.717) is 16.5 Å². The van der Waals surface area contributed by atoms with Gasteiger partial charge in [0, 0.05) is 18.7 Å². The molecule has 11 heteroatoms. The molecule has 0 atom stereocenters. The first-order valence-electron chi connectivity index (χ1n) is 10.6. The van der Waals surface area contributed by atoms with Crippen LogP contribution in [-0.4, -0.2) is 23.9 Å². The summed E-state index contributed by atoms with van der Waals surface area (Å²) >= 11 is 6.07. The molecular weight excluding hydrogens is 492 g/mol. The molecule has 0 fully saturated rings. The number of carbonyl (C=O) groups excluding carboxylic acids is 1. The number of halogens is 1. The largest absolute Gasteiger partial charge is 0.328 e. The Morgan fingerprint density at radius 2 is 1.74 bits per heavy atom. The molecule has 4 aromatic rings. The zero-order valence-electron chi connectivity index (χ0n) is 18.5. The predicted molar refractivity (Wildman–Crippen MR) is 136 cm³/mol. The highest BCUT2D eigenvalue weighted by molar-refractivity contribution is 7.92. The molecule has 0 aliphatic rings. The van der Waals surface area contributed by atoms with Crippen LogP contribution in [0.5, 0.6) is 0 Å². The quantitative estimate of drug-likeness (QED) is 0.349. The van der Waals surface area contributed by atoms with Gasteiger partial charge in [0.15, 0.2) is 0 Å². The fraction of sp³-hybridized carbons (Fsp3) is 0.125. The SMILES string of the molecule is Cc1ccc(NC(=O)CCn2c(=O)[nH]c(=O)c3ccccc32)cc1S(=O)(=O)Nc1ccccc1Cl. The van der Waals surface area contributed by atoms with Crippen molar-refractivity contribution in [1.29, 1.82) is 0 Å². The number of sulfonamides is 1. The van der Waals surface area contributed by atoms with Crippen molar-refractivity contribution in [3.63, 3.8) is 0 Å². The molecule has 0 aliphatic carbocycles. The summed E-state index contributed by atoms with van der Waals surface area (Å²) in [6.07, 6.45) is -0.0796. The molecule has 0 radical (unpaired) electrons. The fourth-order valence-electron chi connectivity index (χ4n) is 3.61. The van der Waals surface area contributed by atoms with Crippen molar-refractivity contribution in [1.82, 2.24) is 9.55 Å². The minimum absolute atomic E-state index is 0.0157. The summed E-state index contributed by atoms with van der Waals surface area (Å²) in [4.78, 5) is 39.1. The van der Waals surface area contributed by atoms with Gasteiger partial charge in [-0.1, -0.05) is 41.9 Å². The summed E-state index contributed by atoms with van der Waals surface area (Å²) in [7, 11) is -3.98. The van der Waals surface area contributed by atoms with Crippen LogP contribution < -0.4 is 21.3 Å². The monoisotopic (exact) mass is 512 g/mol. The molecule has 35 heavy (non-hydrogen) atoms. The van der Waals surface area contributed by atoms with Crippen LogP contribution in [0.1, 0.15) is 12.0 Å². The van der Waals surface area contributed by atoms with E-state index in [4.69, 9.17) is 11.6 Å². The number of carbonyl (C=O) groups is 1. The number of hydrogen-bond acceptors (Lipinski definition) is 5. The fourth-order valence-corrected chi connectivity index (χ4v) is 5.20. The van der Waals surface area contributed by atoms with Gasteiger partial charge in [-0.05, 0) is 48.9 Å². The molecule has 0 spiro atoms. The lowest BCUT2D eigenvalue weighted by molar-refractivity contribution is -0.116. The normalized spacial score (nSPS) is 11.4. The molecule has 180 valence electrons. The summed E-state index contributed by atoms with van der Waals surface area (Å²) in [6.45, 7) is 1.66. The summed E-state index contributed by atoms with van der Waals surface area (Å²) in [5.74, 6) is -0.432. The summed E-state index contributed by atoms with van der Waals surface area (Å²) in [5.41, 5.74) is 0.304. The molecule has 9 nitrogen and oxygen atoms in total. The standard InChI is InChI=1S/C24H21ClN4O5S/c1-15-10-11-16(14-21(15)35(33,34)28-19-8-4-3-7-18(19)25)26-22(30)12-13-29-20-9-5-2-6-17(20)23(31)27-24(29)32/h2-11,14,28H,12-13H2,1H3,(H,26,30)(H,27,31,32). The van der Waals surface area contributed by atoms with Crippen molar-refractivity contribution in [2.75, 3.05) is 10.0 Å². The highest BCUT2D eigenvalue weighted by atomic mass is 35.5. The van der Waals surface area contributed by atoms with Crippen LogP contribution in [0.3, 0.4) is 0 Å². The summed E-state index contributed by atoms with van der Waals surface area (Å²) in [6, 6.07) is 17.6. The average Bonchev–Trinajstić information content (AvgIpc) is 2.81. The number of nitrogens with one attached hydrogen (secondary N) is 3. The van der Waals surface area contributed by atoms with E-state index in [0.717, 1.165) is 0 Å². The van der Waals surface area contributed by atoms with Gasteiger partial charge in [-0.25, -0.2) is 13.2 Å². The van der Waals surface area contributed by atoms with Gasteiger partial charge in [0.2, 0.25) is 5.91 Å². The predicted octanol–water partition coefficient (Wildman–Crippen LogP) is 3.48. The van der Waals surface area contributed by atoms with Gasteiger partial charge >= 0.3 is 5.69 Å². The maximum Gasteiger partial charge on any atom is 0.328 e. The van der Waals surface area contributed by atoms with Gasteiger partial charge < -0.3 is 5.32 Å². The summed E-state index contributed by atoms with van der Waals surface area (Å²) < 4.78 is 29.7. The van der Waals surface area contributed by atoms with Crippen LogP contribution in [0.4, 0.5) is 11.4 Å². The third-order valence-corrected chi connectivity index (χ3v) is 7.18. The van der Waals surface area contributed by atoms with Crippen LogP contribution in [-0.2, 0) is 21.4 Å². The topological polar surface area (TPSA) is 130 Å². The van der Waals surface area contributed by atoms with E-state index in [2.05, 4.69) is 15.0 Å². The van der Waals surface area contributed by atoms with Crippen molar-refractivity contribution in [2.45, 2.75) is 24.8 Å². The van der Waals surface area contributed by atoms with E-state index in [1.807, 2.05) is 0 Å². The Morgan fingerprint density at radius 1 is 1.03 bits per heavy atom. The molecule has 1 aromatic heterocycles. The average molecular weight is 513 g/mol. The maximum absolute atomic E-state index is 13.0. The number of anilines is 2. The molecule has 0 bridgehead atoms. The Labute approximate surface area is 205 Å². The molecular formula is C24H21ClN4O5S. The Kier molecular flexibility index (Phi) is 6.77. The Bertz CT molecular complexity index is 1660. The number of aromatic amines is 1. The zero-order valence-corrected chi connectivity index (χ0v) is 20.1. The Morgan fingerprint density at radius 3 is 2.51 bits per heavy atom. The van der Waals surface area contributed by atoms with E-state index in [1.165, 1.54) is 10.6 Å². The molecule has 4 rings (SSSR count). The molecule has 0 aliphatic heterocycles. The van der Waals surface area contributed by atoms with Crippen LogP contribution in [0, 0.1) is 6.92 Å². The van der Waals surface area contributed by atoms with E-state index >= 15 is 0 Å². The van der Waals surface area contributed by atoms with Crippen molar-refractivity contribution in [2.24, 2.45) is 0 Å². The van der Waals surface area contributed by atoms with Crippen molar-refractivity contribution in [3.8, 4) is 0 Å². The number of aromatic nitrogens is 2. The second-order valence-electron chi connectivity index (χ2n) is 7.79. The first-order chi connectivity index (χ1) is 16.7.